The maximum atomic E-state index is 11.8. The Labute approximate surface area is 117 Å². The Bertz CT molecular complexity index is 480. The highest BCUT2D eigenvalue weighted by Gasteiger charge is 2.18. The fraction of sp³-hybridized carbons (Fsp3) is 0.429. The van der Waals surface area contributed by atoms with Crippen LogP contribution < -0.4 is 10.5 Å². The van der Waals surface area contributed by atoms with Gasteiger partial charge in [-0.2, -0.15) is 0 Å². The number of carboxylic acid groups (broad SMARTS) is 1. The highest BCUT2D eigenvalue weighted by Crippen LogP contribution is 2.17. The molecule has 3 N–H and O–H groups in total. The van der Waals surface area contributed by atoms with Gasteiger partial charge in [-0.25, -0.2) is 0 Å². The van der Waals surface area contributed by atoms with Gasteiger partial charge in [-0.15, -0.1) is 0 Å². The summed E-state index contributed by atoms with van der Waals surface area (Å²) in [4.78, 5) is 24.3. The van der Waals surface area contributed by atoms with Crippen molar-refractivity contribution in [3.8, 4) is 5.75 Å². The molecule has 1 heterocycles. The van der Waals surface area contributed by atoms with E-state index in [1.807, 2.05) is 0 Å². The van der Waals surface area contributed by atoms with E-state index in [1.165, 1.54) is 0 Å². The molecule has 1 aliphatic heterocycles. The number of nitrogens with zero attached hydrogens (tertiary/aromatic N) is 1. The lowest BCUT2D eigenvalue weighted by Gasteiger charge is -2.15. The highest BCUT2D eigenvalue weighted by molar-refractivity contribution is 5.78. The summed E-state index contributed by atoms with van der Waals surface area (Å²) in [6.45, 7) is 1.60. The van der Waals surface area contributed by atoms with Crippen molar-refractivity contribution < 1.29 is 19.4 Å². The van der Waals surface area contributed by atoms with Crippen LogP contribution in [0.4, 0.5) is 0 Å². The molecule has 6 heteroatoms. The van der Waals surface area contributed by atoms with Crippen LogP contribution in [0.2, 0.25) is 0 Å². The fourth-order valence-corrected chi connectivity index (χ4v) is 2.12. The van der Waals surface area contributed by atoms with Crippen LogP contribution in [0.25, 0.3) is 0 Å². The molecule has 1 saturated heterocycles. The van der Waals surface area contributed by atoms with E-state index in [-0.39, 0.29) is 12.5 Å². The molecule has 20 heavy (non-hydrogen) atoms. The summed E-state index contributed by atoms with van der Waals surface area (Å²) < 4.78 is 5.40. The number of amides is 1. The second-order valence-corrected chi connectivity index (χ2v) is 4.76. The Morgan fingerprint density at radius 2 is 1.85 bits per heavy atom. The van der Waals surface area contributed by atoms with Crippen LogP contribution in [-0.4, -0.2) is 41.6 Å². The van der Waals surface area contributed by atoms with E-state index in [2.05, 4.69) is 0 Å². The largest absolute Gasteiger partial charge is 0.484 e. The van der Waals surface area contributed by atoms with Gasteiger partial charge in [-0.05, 0) is 30.5 Å². The minimum Gasteiger partial charge on any atom is -0.484 e. The zero-order chi connectivity index (χ0) is 14.5. The Morgan fingerprint density at radius 1 is 1.25 bits per heavy atom. The molecule has 0 saturated carbocycles. The lowest BCUT2D eigenvalue weighted by molar-refractivity contribution is -0.138. The van der Waals surface area contributed by atoms with Crippen molar-refractivity contribution in [2.75, 3.05) is 19.7 Å². The molecule has 1 aromatic carbocycles. The molecule has 1 amide bonds. The van der Waals surface area contributed by atoms with Gasteiger partial charge in [0.05, 0.1) is 0 Å². The summed E-state index contributed by atoms with van der Waals surface area (Å²) in [7, 11) is 0. The van der Waals surface area contributed by atoms with Crippen LogP contribution in [0, 0.1) is 0 Å². The lowest BCUT2D eigenvalue weighted by atomic mass is 10.1. The number of nitrogens with two attached hydrogens (primary N) is 1. The number of hydrogen-bond acceptors (Lipinski definition) is 4. The molecule has 1 aromatic rings. The summed E-state index contributed by atoms with van der Waals surface area (Å²) >= 11 is 0. The average molecular weight is 278 g/mol. The summed E-state index contributed by atoms with van der Waals surface area (Å²) in [6, 6.07) is 5.38. The summed E-state index contributed by atoms with van der Waals surface area (Å²) in [5.74, 6) is -0.574. The topological polar surface area (TPSA) is 92.9 Å². The first-order valence-electron chi connectivity index (χ1n) is 6.57. The van der Waals surface area contributed by atoms with Crippen molar-refractivity contribution in [3.05, 3.63) is 29.8 Å². The zero-order valence-corrected chi connectivity index (χ0v) is 11.1. The maximum absolute atomic E-state index is 11.8. The summed E-state index contributed by atoms with van der Waals surface area (Å²) in [6.07, 6.45) is 2.10. The van der Waals surface area contributed by atoms with Crippen molar-refractivity contribution in [1.82, 2.24) is 4.90 Å². The Hall–Kier alpha value is -2.08. The number of carbonyl (C=O) groups is 2. The van der Waals surface area contributed by atoms with E-state index in [4.69, 9.17) is 15.6 Å². The van der Waals surface area contributed by atoms with Gasteiger partial charge in [0.25, 0.3) is 5.91 Å². The number of hydrogen-bond donors (Lipinski definition) is 2. The van der Waals surface area contributed by atoms with E-state index < -0.39 is 12.0 Å². The quantitative estimate of drug-likeness (QED) is 0.830. The number of carboxylic acids is 1. The number of aliphatic carboxylic acids is 1. The SMILES string of the molecule is NC(C(=O)O)c1ccc(OCC(=O)N2CCCC2)cc1. The van der Waals surface area contributed by atoms with Crippen LogP contribution in [-0.2, 0) is 9.59 Å². The van der Waals surface area contributed by atoms with E-state index in [1.54, 1.807) is 29.2 Å². The number of benzene rings is 1. The number of rotatable bonds is 5. The molecule has 1 unspecified atom stereocenters. The first kappa shape index (κ1) is 14.3. The van der Waals surface area contributed by atoms with Crippen molar-refractivity contribution in [3.63, 3.8) is 0 Å². The number of likely N-dealkylation sites (tertiary alicyclic amines) is 1. The molecule has 0 aliphatic carbocycles. The van der Waals surface area contributed by atoms with Crippen LogP contribution in [0.5, 0.6) is 5.75 Å². The molecular formula is C14H18N2O4. The number of ether oxygens (including phenoxy) is 1. The van der Waals surface area contributed by atoms with Gasteiger partial charge >= 0.3 is 5.97 Å². The smallest absolute Gasteiger partial charge is 0.325 e. The van der Waals surface area contributed by atoms with E-state index in [0.29, 0.717) is 11.3 Å². The van der Waals surface area contributed by atoms with Crippen LogP contribution in [0.3, 0.4) is 0 Å². The van der Waals surface area contributed by atoms with E-state index in [9.17, 15) is 9.59 Å². The molecule has 0 spiro atoms. The lowest BCUT2D eigenvalue weighted by Crippen LogP contribution is -2.32. The second kappa shape index (κ2) is 6.38. The van der Waals surface area contributed by atoms with Crippen molar-refractivity contribution >= 4 is 11.9 Å². The normalized spacial score (nSPS) is 15.9. The molecule has 2 rings (SSSR count). The molecule has 1 atom stereocenters. The third kappa shape index (κ3) is 3.48. The summed E-state index contributed by atoms with van der Waals surface area (Å²) in [5, 5.41) is 8.80. The second-order valence-electron chi connectivity index (χ2n) is 4.76. The molecular weight excluding hydrogens is 260 g/mol. The Morgan fingerprint density at radius 3 is 2.40 bits per heavy atom. The summed E-state index contributed by atoms with van der Waals surface area (Å²) in [5.41, 5.74) is 5.99. The van der Waals surface area contributed by atoms with E-state index >= 15 is 0 Å². The molecule has 108 valence electrons. The first-order chi connectivity index (χ1) is 9.58. The average Bonchev–Trinajstić information content (AvgIpc) is 2.98. The number of carbonyl (C=O) groups excluding carboxylic acids is 1. The molecule has 0 radical (unpaired) electrons. The van der Waals surface area contributed by atoms with Crippen LogP contribution in [0.15, 0.2) is 24.3 Å². The zero-order valence-electron chi connectivity index (χ0n) is 11.1. The fourth-order valence-electron chi connectivity index (χ4n) is 2.12. The standard InChI is InChI=1S/C14H18N2O4/c15-13(14(18)19)10-3-5-11(6-4-10)20-9-12(17)16-7-1-2-8-16/h3-6,13H,1-2,7-9,15H2,(H,18,19). The van der Waals surface area contributed by atoms with Crippen molar-refractivity contribution in [1.29, 1.82) is 0 Å². The maximum Gasteiger partial charge on any atom is 0.325 e. The van der Waals surface area contributed by atoms with Gasteiger partial charge in [-0.1, -0.05) is 12.1 Å². The third-order valence-electron chi connectivity index (χ3n) is 3.33. The van der Waals surface area contributed by atoms with Crippen LogP contribution >= 0.6 is 0 Å². The molecule has 0 bridgehead atoms. The third-order valence-corrected chi connectivity index (χ3v) is 3.33. The first-order valence-corrected chi connectivity index (χ1v) is 6.57. The predicted octanol–water partition coefficient (Wildman–Crippen LogP) is 0.772. The van der Waals surface area contributed by atoms with Gasteiger partial charge in [0.15, 0.2) is 6.61 Å². The highest BCUT2D eigenvalue weighted by atomic mass is 16.5. The van der Waals surface area contributed by atoms with Gasteiger partial charge in [0.1, 0.15) is 11.8 Å². The van der Waals surface area contributed by atoms with Gasteiger partial charge in [0.2, 0.25) is 0 Å². The van der Waals surface area contributed by atoms with E-state index in [0.717, 1.165) is 25.9 Å². The minimum atomic E-state index is -1.08. The molecule has 6 nitrogen and oxygen atoms in total. The van der Waals surface area contributed by atoms with Gasteiger partial charge in [-0.3, -0.25) is 9.59 Å². The molecule has 0 aromatic heterocycles. The van der Waals surface area contributed by atoms with Crippen molar-refractivity contribution in [2.24, 2.45) is 5.73 Å². The molecule has 1 fully saturated rings. The van der Waals surface area contributed by atoms with Crippen LogP contribution in [0.1, 0.15) is 24.4 Å². The minimum absolute atomic E-state index is 0.00430. The van der Waals surface area contributed by atoms with Crippen molar-refractivity contribution in [2.45, 2.75) is 18.9 Å². The predicted molar refractivity (Wildman–Crippen MR) is 72.3 cm³/mol. The Kier molecular flexibility index (Phi) is 4.57. The monoisotopic (exact) mass is 278 g/mol. The van der Waals surface area contributed by atoms with Gasteiger partial charge in [0, 0.05) is 13.1 Å². The Balaban J connectivity index is 1.87. The molecule has 1 aliphatic rings. The van der Waals surface area contributed by atoms with Gasteiger partial charge < -0.3 is 20.5 Å².